The van der Waals surface area contributed by atoms with Gasteiger partial charge in [0, 0.05) is 0 Å². The van der Waals surface area contributed by atoms with E-state index in [4.69, 9.17) is 9.15 Å². The number of benzene rings is 1. The van der Waals surface area contributed by atoms with Crippen molar-refractivity contribution < 1.29 is 13.9 Å². The summed E-state index contributed by atoms with van der Waals surface area (Å²) in [4.78, 5) is 23.9. The summed E-state index contributed by atoms with van der Waals surface area (Å²) in [6, 6.07) is 3.50. The number of halogens is 1. The molecule has 0 radical (unpaired) electrons. The van der Waals surface area contributed by atoms with Crippen LogP contribution in [0, 0.1) is 10.5 Å². The lowest BCUT2D eigenvalue weighted by molar-refractivity contribution is 0.101. The fraction of sp³-hybridized carbons (Fsp3) is 0.231. The van der Waals surface area contributed by atoms with Crippen LogP contribution in [0.2, 0.25) is 0 Å². The summed E-state index contributed by atoms with van der Waals surface area (Å²) in [7, 11) is 1.48. The van der Waals surface area contributed by atoms with Gasteiger partial charge in [0.15, 0.2) is 11.4 Å². The van der Waals surface area contributed by atoms with Crippen LogP contribution in [-0.4, -0.2) is 12.9 Å². The molecule has 1 heterocycles. The maximum atomic E-state index is 12.4. The van der Waals surface area contributed by atoms with Crippen molar-refractivity contribution in [2.24, 2.45) is 0 Å². The van der Waals surface area contributed by atoms with Gasteiger partial charge in [0.05, 0.1) is 10.7 Å². The van der Waals surface area contributed by atoms with Crippen LogP contribution in [0.25, 0.3) is 11.0 Å². The molecule has 0 atom stereocenters. The van der Waals surface area contributed by atoms with E-state index in [1.54, 1.807) is 19.1 Å². The van der Waals surface area contributed by atoms with Gasteiger partial charge in [-0.25, -0.2) is 0 Å². The molecule has 0 N–H and O–H groups in total. The highest BCUT2D eigenvalue weighted by molar-refractivity contribution is 14.1. The summed E-state index contributed by atoms with van der Waals surface area (Å²) in [6.45, 7) is 2.97. The first-order valence-electron chi connectivity index (χ1n) is 5.28. The summed E-state index contributed by atoms with van der Waals surface area (Å²) >= 11 is 2.08. The van der Waals surface area contributed by atoms with E-state index in [9.17, 15) is 9.59 Å². The molecule has 1 aromatic carbocycles. The number of hydrogen-bond donors (Lipinski definition) is 0. The molecule has 94 valence electrons. The second kappa shape index (κ2) is 4.72. The van der Waals surface area contributed by atoms with Crippen LogP contribution in [0.3, 0.4) is 0 Å². The molecule has 0 fully saturated rings. The molecule has 1 aromatic heterocycles. The van der Waals surface area contributed by atoms with Crippen LogP contribution >= 0.6 is 22.6 Å². The lowest BCUT2D eigenvalue weighted by Gasteiger charge is -2.08. The molecule has 0 amide bonds. The molecule has 0 bridgehead atoms. The van der Waals surface area contributed by atoms with Gasteiger partial charge in [0.2, 0.25) is 5.43 Å². The number of ketones is 1. The molecule has 0 saturated heterocycles. The van der Waals surface area contributed by atoms with Gasteiger partial charge >= 0.3 is 0 Å². The Morgan fingerprint density at radius 3 is 2.61 bits per heavy atom. The number of carbonyl (C=O) groups is 1. The third kappa shape index (κ3) is 1.92. The molecular formula is C13H11IO4. The maximum Gasteiger partial charge on any atom is 0.207 e. The van der Waals surface area contributed by atoms with Crippen molar-refractivity contribution in [3.05, 3.63) is 37.2 Å². The Hall–Kier alpha value is -1.37. The van der Waals surface area contributed by atoms with Gasteiger partial charge in [-0.1, -0.05) is 0 Å². The van der Waals surface area contributed by atoms with Gasteiger partial charge in [0.25, 0.3) is 0 Å². The molecule has 18 heavy (non-hydrogen) atoms. The van der Waals surface area contributed by atoms with Gasteiger partial charge in [-0.05, 0) is 48.6 Å². The second-order valence-corrected chi connectivity index (χ2v) is 5.03. The highest BCUT2D eigenvalue weighted by atomic mass is 127. The largest absolute Gasteiger partial charge is 0.496 e. The van der Waals surface area contributed by atoms with Crippen LogP contribution in [-0.2, 0) is 0 Å². The summed E-state index contributed by atoms with van der Waals surface area (Å²) < 4.78 is 11.6. The minimum Gasteiger partial charge on any atom is -0.496 e. The van der Waals surface area contributed by atoms with Gasteiger partial charge in [-0.2, -0.15) is 0 Å². The fourth-order valence-electron chi connectivity index (χ4n) is 1.92. The molecule has 2 aromatic rings. The van der Waals surface area contributed by atoms with Crippen molar-refractivity contribution in [2.75, 3.05) is 7.11 Å². The zero-order valence-electron chi connectivity index (χ0n) is 10.2. The van der Waals surface area contributed by atoms with E-state index in [2.05, 4.69) is 22.6 Å². The number of rotatable bonds is 2. The molecule has 0 saturated carbocycles. The summed E-state index contributed by atoms with van der Waals surface area (Å²) in [5.74, 6) is 0.455. The van der Waals surface area contributed by atoms with Crippen molar-refractivity contribution in [3.8, 4) is 5.75 Å². The van der Waals surface area contributed by atoms with E-state index in [1.807, 2.05) is 0 Å². The lowest BCUT2D eigenvalue weighted by atomic mass is 10.1. The van der Waals surface area contributed by atoms with Crippen LogP contribution in [0.5, 0.6) is 5.75 Å². The molecular weight excluding hydrogens is 347 g/mol. The lowest BCUT2D eigenvalue weighted by Crippen LogP contribution is -2.16. The third-order valence-corrected chi connectivity index (χ3v) is 3.55. The maximum absolute atomic E-state index is 12.4. The number of fused-ring (bicyclic) bond motifs is 1. The number of hydrogen-bond acceptors (Lipinski definition) is 4. The number of aryl methyl sites for hydroxylation is 1. The van der Waals surface area contributed by atoms with Crippen molar-refractivity contribution in [3.63, 3.8) is 0 Å². The molecule has 0 aliphatic rings. The predicted molar refractivity (Wildman–Crippen MR) is 76.5 cm³/mol. The standard InChI is InChI=1S/C13H11IO4/c1-6(15)10-7(2)18-13-8(14)4-5-9(17-3)11(13)12(10)16/h4-5H,1-3H3. The van der Waals surface area contributed by atoms with Gasteiger partial charge in [-0.15, -0.1) is 0 Å². The van der Waals surface area contributed by atoms with Gasteiger partial charge in [-0.3, -0.25) is 9.59 Å². The Morgan fingerprint density at radius 2 is 2.06 bits per heavy atom. The number of carbonyl (C=O) groups excluding carboxylic acids is 1. The summed E-state index contributed by atoms with van der Waals surface area (Å²) in [6.07, 6.45) is 0. The molecule has 0 aliphatic heterocycles. The zero-order chi connectivity index (χ0) is 13.4. The Kier molecular flexibility index (Phi) is 3.43. The SMILES string of the molecule is COc1ccc(I)c2oc(C)c(C(C)=O)c(=O)c12. The molecule has 4 nitrogen and oxygen atoms in total. The minimum absolute atomic E-state index is 0.0859. The van der Waals surface area contributed by atoms with Crippen LogP contribution in [0.1, 0.15) is 23.0 Å². The molecule has 0 spiro atoms. The van der Waals surface area contributed by atoms with Crippen LogP contribution in [0.15, 0.2) is 21.3 Å². The summed E-state index contributed by atoms with van der Waals surface area (Å²) in [5.41, 5.74) is 0.210. The van der Waals surface area contributed by atoms with E-state index in [0.717, 1.165) is 3.57 Å². The van der Waals surface area contributed by atoms with Crippen molar-refractivity contribution in [1.29, 1.82) is 0 Å². The Labute approximate surface area is 117 Å². The molecule has 5 heteroatoms. The molecule has 0 unspecified atom stereocenters. The smallest absolute Gasteiger partial charge is 0.207 e. The second-order valence-electron chi connectivity index (χ2n) is 3.87. The first-order valence-corrected chi connectivity index (χ1v) is 6.36. The first-order chi connectivity index (χ1) is 8.47. The van der Waals surface area contributed by atoms with E-state index < -0.39 is 0 Å². The van der Waals surface area contributed by atoms with E-state index in [0.29, 0.717) is 22.5 Å². The first kappa shape index (κ1) is 13.1. The number of ether oxygens (including phenoxy) is 1. The summed E-state index contributed by atoms with van der Waals surface area (Å²) in [5, 5.41) is 0.320. The molecule has 2 rings (SSSR count). The monoisotopic (exact) mass is 358 g/mol. The number of Topliss-reactive ketones (excluding diaryl/α,β-unsaturated/α-hetero) is 1. The highest BCUT2D eigenvalue weighted by Crippen LogP contribution is 2.28. The van der Waals surface area contributed by atoms with E-state index in [-0.39, 0.29) is 16.8 Å². The van der Waals surface area contributed by atoms with E-state index >= 15 is 0 Å². The average molecular weight is 358 g/mol. The average Bonchev–Trinajstić information content (AvgIpc) is 2.30. The predicted octanol–water partition coefficient (Wildman–Crippen LogP) is 2.92. The quantitative estimate of drug-likeness (QED) is 0.612. The Morgan fingerprint density at radius 1 is 1.39 bits per heavy atom. The van der Waals surface area contributed by atoms with Gasteiger partial charge < -0.3 is 9.15 Å². The van der Waals surface area contributed by atoms with Crippen LogP contribution < -0.4 is 10.2 Å². The van der Waals surface area contributed by atoms with Gasteiger partial charge in [0.1, 0.15) is 22.5 Å². The van der Waals surface area contributed by atoms with Crippen LogP contribution in [0.4, 0.5) is 0 Å². The Balaban J connectivity index is 3.05. The van der Waals surface area contributed by atoms with E-state index in [1.165, 1.54) is 14.0 Å². The minimum atomic E-state index is -0.336. The molecule has 0 aliphatic carbocycles. The van der Waals surface area contributed by atoms with Crippen molar-refractivity contribution in [2.45, 2.75) is 13.8 Å². The van der Waals surface area contributed by atoms with Crippen molar-refractivity contribution in [1.82, 2.24) is 0 Å². The van der Waals surface area contributed by atoms with Crippen molar-refractivity contribution >= 4 is 39.3 Å². The number of methoxy groups -OCH3 is 1. The highest BCUT2D eigenvalue weighted by Gasteiger charge is 2.19. The normalized spacial score (nSPS) is 10.7. The fourth-order valence-corrected chi connectivity index (χ4v) is 2.48. The Bertz CT molecular complexity index is 700. The third-order valence-electron chi connectivity index (χ3n) is 2.70. The zero-order valence-corrected chi connectivity index (χ0v) is 12.3. The topological polar surface area (TPSA) is 56.5 Å².